The zero-order chi connectivity index (χ0) is 9.10. The molecular formula is C9H12N2O2. The lowest BCUT2D eigenvalue weighted by atomic mass is 10.00. The number of rotatable bonds is 2. The third kappa shape index (κ3) is 1.78. The van der Waals surface area contributed by atoms with E-state index < -0.39 is 0 Å². The van der Waals surface area contributed by atoms with Crippen LogP contribution in [-0.4, -0.2) is 23.4 Å². The van der Waals surface area contributed by atoms with Gasteiger partial charge in [-0.3, -0.25) is 0 Å². The quantitative estimate of drug-likeness (QED) is 0.693. The second kappa shape index (κ2) is 3.70. The number of aromatic nitrogens is 2. The van der Waals surface area contributed by atoms with Crippen LogP contribution in [0, 0.1) is 0 Å². The van der Waals surface area contributed by atoms with E-state index in [1.54, 1.807) is 6.08 Å². The van der Waals surface area contributed by atoms with E-state index in [9.17, 15) is 0 Å². The van der Waals surface area contributed by atoms with E-state index in [-0.39, 0.29) is 0 Å². The lowest BCUT2D eigenvalue weighted by molar-refractivity contribution is 0.0830. The molecule has 1 saturated heterocycles. The average molecular weight is 180 g/mol. The molecule has 1 aromatic rings. The van der Waals surface area contributed by atoms with E-state index in [2.05, 4.69) is 16.7 Å². The van der Waals surface area contributed by atoms with Crippen LogP contribution >= 0.6 is 0 Å². The highest BCUT2D eigenvalue weighted by molar-refractivity contribution is 5.32. The van der Waals surface area contributed by atoms with Crippen LogP contribution < -0.4 is 0 Å². The zero-order valence-electron chi connectivity index (χ0n) is 7.40. The lowest BCUT2D eigenvalue weighted by Gasteiger charge is -2.18. The van der Waals surface area contributed by atoms with Crippen molar-refractivity contribution in [1.29, 1.82) is 0 Å². The minimum atomic E-state index is 0.395. The van der Waals surface area contributed by atoms with Crippen molar-refractivity contribution in [2.75, 3.05) is 13.2 Å². The van der Waals surface area contributed by atoms with Crippen LogP contribution in [0.2, 0.25) is 0 Å². The summed E-state index contributed by atoms with van der Waals surface area (Å²) in [6, 6.07) is 0. The van der Waals surface area contributed by atoms with Crippen LogP contribution in [0.5, 0.6) is 0 Å². The Hall–Kier alpha value is -1.16. The molecule has 70 valence electrons. The summed E-state index contributed by atoms with van der Waals surface area (Å²) in [5.74, 6) is 1.69. The molecule has 2 heterocycles. The van der Waals surface area contributed by atoms with Gasteiger partial charge in [0.15, 0.2) is 5.82 Å². The molecule has 0 radical (unpaired) electrons. The van der Waals surface area contributed by atoms with Gasteiger partial charge in [-0.2, -0.15) is 4.98 Å². The monoisotopic (exact) mass is 180 g/mol. The summed E-state index contributed by atoms with van der Waals surface area (Å²) in [5, 5.41) is 3.90. The van der Waals surface area contributed by atoms with Gasteiger partial charge in [0.25, 0.3) is 0 Å². The lowest BCUT2D eigenvalue weighted by Crippen LogP contribution is -2.15. The molecule has 0 N–H and O–H groups in total. The van der Waals surface area contributed by atoms with Crippen LogP contribution in [0.4, 0.5) is 0 Å². The SMILES string of the molecule is C=Cc1nc(C2CCOCC2)no1. The predicted octanol–water partition coefficient (Wildman–Crippen LogP) is 1.61. The summed E-state index contributed by atoms with van der Waals surface area (Å²) in [7, 11) is 0. The molecule has 0 unspecified atom stereocenters. The van der Waals surface area contributed by atoms with Gasteiger partial charge < -0.3 is 9.26 Å². The molecule has 1 aliphatic heterocycles. The van der Waals surface area contributed by atoms with Gasteiger partial charge in [0.05, 0.1) is 0 Å². The maximum absolute atomic E-state index is 5.25. The summed E-state index contributed by atoms with van der Waals surface area (Å²) < 4.78 is 10.2. The first-order valence-electron chi connectivity index (χ1n) is 4.44. The first-order chi connectivity index (χ1) is 6.40. The second-order valence-corrected chi connectivity index (χ2v) is 3.08. The Morgan fingerprint density at radius 2 is 2.15 bits per heavy atom. The fourth-order valence-corrected chi connectivity index (χ4v) is 1.45. The van der Waals surface area contributed by atoms with Gasteiger partial charge in [-0.05, 0) is 18.9 Å². The van der Waals surface area contributed by atoms with Crippen molar-refractivity contribution >= 4 is 6.08 Å². The minimum Gasteiger partial charge on any atom is -0.381 e. The van der Waals surface area contributed by atoms with Gasteiger partial charge in [0.1, 0.15) is 0 Å². The molecule has 0 aliphatic carbocycles. The highest BCUT2D eigenvalue weighted by Gasteiger charge is 2.20. The van der Waals surface area contributed by atoms with Crippen LogP contribution in [0.25, 0.3) is 6.08 Å². The topological polar surface area (TPSA) is 48.2 Å². The molecule has 4 nitrogen and oxygen atoms in total. The molecule has 0 bridgehead atoms. The van der Waals surface area contributed by atoms with Gasteiger partial charge in [-0.25, -0.2) is 0 Å². The van der Waals surface area contributed by atoms with Crippen LogP contribution in [0.3, 0.4) is 0 Å². The van der Waals surface area contributed by atoms with E-state index in [1.165, 1.54) is 0 Å². The molecule has 1 aliphatic rings. The third-order valence-electron chi connectivity index (χ3n) is 2.22. The first-order valence-corrected chi connectivity index (χ1v) is 4.44. The molecule has 1 fully saturated rings. The molecular weight excluding hydrogens is 168 g/mol. The fraction of sp³-hybridized carbons (Fsp3) is 0.556. The van der Waals surface area contributed by atoms with E-state index in [0.717, 1.165) is 31.9 Å². The molecule has 13 heavy (non-hydrogen) atoms. The summed E-state index contributed by atoms with van der Waals surface area (Å²) in [6.07, 6.45) is 3.53. The van der Waals surface area contributed by atoms with E-state index in [4.69, 9.17) is 9.26 Å². The molecule has 2 rings (SSSR count). The highest BCUT2D eigenvalue weighted by atomic mass is 16.5. The molecule has 0 spiro atoms. The van der Waals surface area contributed by atoms with Crippen molar-refractivity contribution in [2.24, 2.45) is 0 Å². The van der Waals surface area contributed by atoms with Gasteiger partial charge in [0, 0.05) is 19.1 Å². The fourth-order valence-electron chi connectivity index (χ4n) is 1.45. The Labute approximate surface area is 76.6 Å². The van der Waals surface area contributed by atoms with Crippen molar-refractivity contribution < 1.29 is 9.26 Å². The minimum absolute atomic E-state index is 0.395. The Morgan fingerprint density at radius 3 is 2.77 bits per heavy atom. The predicted molar refractivity (Wildman–Crippen MR) is 47.2 cm³/mol. The van der Waals surface area contributed by atoms with Crippen molar-refractivity contribution in [3.63, 3.8) is 0 Å². The smallest absolute Gasteiger partial charge is 0.250 e. The highest BCUT2D eigenvalue weighted by Crippen LogP contribution is 2.24. The summed E-state index contributed by atoms with van der Waals surface area (Å²) >= 11 is 0. The first kappa shape index (κ1) is 8.44. The summed E-state index contributed by atoms with van der Waals surface area (Å²) in [6.45, 7) is 5.16. The Morgan fingerprint density at radius 1 is 1.38 bits per heavy atom. The van der Waals surface area contributed by atoms with Crippen LogP contribution in [0.15, 0.2) is 11.1 Å². The van der Waals surface area contributed by atoms with E-state index in [0.29, 0.717) is 11.8 Å². The van der Waals surface area contributed by atoms with Crippen LogP contribution in [0.1, 0.15) is 30.5 Å². The van der Waals surface area contributed by atoms with Gasteiger partial charge >= 0.3 is 0 Å². The molecule has 0 amide bonds. The number of ether oxygens (including phenoxy) is 1. The largest absolute Gasteiger partial charge is 0.381 e. The van der Waals surface area contributed by atoms with Gasteiger partial charge in [-0.15, -0.1) is 0 Å². The average Bonchev–Trinajstić information content (AvgIpc) is 2.67. The Kier molecular flexibility index (Phi) is 2.40. The second-order valence-electron chi connectivity index (χ2n) is 3.08. The number of nitrogens with zero attached hydrogens (tertiary/aromatic N) is 2. The molecule has 4 heteroatoms. The van der Waals surface area contributed by atoms with E-state index in [1.807, 2.05) is 0 Å². The maximum Gasteiger partial charge on any atom is 0.250 e. The van der Waals surface area contributed by atoms with E-state index >= 15 is 0 Å². The summed E-state index contributed by atoms with van der Waals surface area (Å²) in [4.78, 5) is 4.20. The molecule has 1 aromatic heterocycles. The van der Waals surface area contributed by atoms with Crippen molar-refractivity contribution in [3.05, 3.63) is 18.3 Å². The normalized spacial score (nSPS) is 18.8. The Balaban J connectivity index is 2.09. The molecule has 0 aromatic carbocycles. The van der Waals surface area contributed by atoms with Gasteiger partial charge in [0.2, 0.25) is 5.89 Å². The number of hydrogen-bond donors (Lipinski definition) is 0. The molecule has 0 atom stereocenters. The van der Waals surface area contributed by atoms with Crippen LogP contribution in [-0.2, 0) is 4.74 Å². The maximum atomic E-state index is 5.25. The standard InChI is InChI=1S/C9H12N2O2/c1-2-8-10-9(11-13-8)7-3-5-12-6-4-7/h2,7H,1,3-6H2. The van der Waals surface area contributed by atoms with Gasteiger partial charge in [-0.1, -0.05) is 11.7 Å². The zero-order valence-corrected chi connectivity index (χ0v) is 7.40. The van der Waals surface area contributed by atoms with Crippen molar-refractivity contribution in [3.8, 4) is 0 Å². The van der Waals surface area contributed by atoms with Crippen molar-refractivity contribution in [1.82, 2.24) is 10.1 Å². The van der Waals surface area contributed by atoms with Crippen molar-refractivity contribution in [2.45, 2.75) is 18.8 Å². The number of hydrogen-bond acceptors (Lipinski definition) is 4. The Bertz CT molecular complexity index is 290. The summed E-state index contributed by atoms with van der Waals surface area (Å²) in [5.41, 5.74) is 0. The third-order valence-corrected chi connectivity index (χ3v) is 2.22. The molecule has 0 saturated carbocycles.